The largest absolute Gasteiger partial charge is 1.00 e. The van der Waals surface area contributed by atoms with Crippen LogP contribution in [-0.2, 0) is 11.3 Å². The van der Waals surface area contributed by atoms with Crippen LogP contribution in [-0.4, -0.2) is 11.0 Å². The maximum atomic E-state index is 13.8. The molecule has 1 fully saturated rings. The van der Waals surface area contributed by atoms with Gasteiger partial charge in [0.05, 0.1) is 17.0 Å². The molecule has 1 N–H and O–H groups in total. The van der Waals surface area contributed by atoms with Gasteiger partial charge in [-0.25, -0.2) is 13.8 Å². The van der Waals surface area contributed by atoms with Gasteiger partial charge in [0.15, 0.2) is 0 Å². The zero-order valence-corrected chi connectivity index (χ0v) is 16.0. The monoisotopic (exact) mass is 360 g/mol. The minimum Gasteiger partial charge on any atom is -0.548 e. The van der Waals surface area contributed by atoms with Gasteiger partial charge >= 0.3 is 29.6 Å². The third-order valence-corrected chi connectivity index (χ3v) is 5.18. The Balaban J connectivity index is 0.00000208. The number of carboxylic acids is 1. The molecule has 0 saturated heterocycles. The number of hydrogen-bond acceptors (Lipinski definition) is 5. The Morgan fingerprint density at radius 1 is 1.42 bits per heavy atom. The van der Waals surface area contributed by atoms with Gasteiger partial charge < -0.3 is 15.2 Å². The third kappa shape index (κ3) is 4.40. The van der Waals surface area contributed by atoms with E-state index < -0.39 is 23.6 Å². The van der Waals surface area contributed by atoms with Gasteiger partial charge in [-0.1, -0.05) is 12.5 Å². The first kappa shape index (κ1) is 19.5. The van der Waals surface area contributed by atoms with Crippen molar-refractivity contribution in [3.63, 3.8) is 0 Å². The van der Waals surface area contributed by atoms with Crippen LogP contribution in [0.5, 0.6) is 0 Å². The molecule has 2 aromatic rings. The minimum absolute atomic E-state index is 0. The summed E-state index contributed by atoms with van der Waals surface area (Å²) >= 11 is 1.53. The van der Waals surface area contributed by atoms with Gasteiger partial charge in [0.25, 0.3) is 0 Å². The van der Waals surface area contributed by atoms with E-state index in [1.165, 1.54) is 17.8 Å². The van der Waals surface area contributed by atoms with E-state index in [-0.39, 0.29) is 41.7 Å². The standard InChI is InChI=1S/C16H16F2N2O2S.Na/c17-10-4-5-12(13(18)6-10)14(16(21)22)19-7-11-8-20-15(23-11)9-2-1-3-9;/h4-6,8-9,14,19H,1-3,7H2,(H,21,22);/q;+1/p-1. The predicted molar refractivity (Wildman–Crippen MR) is 79.7 cm³/mol. The quantitative estimate of drug-likeness (QED) is 0.691. The Morgan fingerprint density at radius 3 is 2.75 bits per heavy atom. The van der Waals surface area contributed by atoms with Crippen LogP contribution in [0.25, 0.3) is 0 Å². The molecule has 0 bridgehead atoms. The van der Waals surface area contributed by atoms with E-state index in [0.29, 0.717) is 12.0 Å². The van der Waals surface area contributed by atoms with Crippen LogP contribution < -0.4 is 40.0 Å². The molecule has 1 atom stereocenters. The molecule has 3 rings (SSSR count). The summed E-state index contributed by atoms with van der Waals surface area (Å²) in [5.41, 5.74) is -0.143. The predicted octanol–water partition coefficient (Wildman–Crippen LogP) is -0.726. The van der Waals surface area contributed by atoms with Crippen LogP contribution in [0.15, 0.2) is 24.4 Å². The van der Waals surface area contributed by atoms with Crippen molar-refractivity contribution in [1.82, 2.24) is 10.3 Å². The van der Waals surface area contributed by atoms with Crippen molar-refractivity contribution >= 4 is 17.3 Å². The number of thiazole rings is 1. The van der Waals surface area contributed by atoms with Crippen LogP contribution in [0.4, 0.5) is 8.78 Å². The van der Waals surface area contributed by atoms with Crippen LogP contribution >= 0.6 is 11.3 Å². The summed E-state index contributed by atoms with van der Waals surface area (Å²) in [6.45, 7) is 0.236. The maximum Gasteiger partial charge on any atom is 1.00 e. The first-order chi connectivity index (χ1) is 11.0. The molecule has 0 aliphatic heterocycles. The summed E-state index contributed by atoms with van der Waals surface area (Å²) in [6, 6.07) is 1.46. The SMILES string of the molecule is O=C([O-])C(NCc1cnc(C2CCC2)s1)c1ccc(F)cc1F.[Na+]. The molecule has 0 radical (unpaired) electrons. The number of aromatic nitrogens is 1. The molecule has 0 spiro atoms. The first-order valence-corrected chi connectivity index (χ1v) is 8.20. The molecular formula is C16H15F2N2NaO2S. The Morgan fingerprint density at radius 2 is 2.17 bits per heavy atom. The van der Waals surface area contributed by atoms with Gasteiger partial charge in [-0.15, -0.1) is 11.3 Å². The van der Waals surface area contributed by atoms with E-state index in [4.69, 9.17) is 0 Å². The second kappa shape index (κ2) is 8.49. The third-order valence-electron chi connectivity index (χ3n) is 4.02. The fourth-order valence-corrected chi connectivity index (χ4v) is 3.54. The van der Waals surface area contributed by atoms with Gasteiger partial charge in [0.2, 0.25) is 0 Å². The summed E-state index contributed by atoms with van der Waals surface area (Å²) in [4.78, 5) is 16.5. The molecule has 122 valence electrons. The molecular weight excluding hydrogens is 345 g/mol. The van der Waals surface area contributed by atoms with Crippen LogP contribution in [0.1, 0.15) is 46.7 Å². The molecule has 24 heavy (non-hydrogen) atoms. The van der Waals surface area contributed by atoms with Crippen molar-refractivity contribution in [3.05, 3.63) is 51.5 Å². The molecule has 8 heteroatoms. The number of carboxylic acid groups (broad SMARTS) is 1. The Kier molecular flexibility index (Phi) is 6.88. The molecule has 1 aliphatic rings. The number of aliphatic carboxylic acids is 1. The van der Waals surface area contributed by atoms with E-state index in [9.17, 15) is 18.7 Å². The van der Waals surface area contributed by atoms with Crippen molar-refractivity contribution < 1.29 is 48.2 Å². The minimum atomic E-state index is -1.46. The topological polar surface area (TPSA) is 65.0 Å². The number of rotatable bonds is 6. The molecule has 1 aromatic carbocycles. The van der Waals surface area contributed by atoms with E-state index >= 15 is 0 Å². The van der Waals surface area contributed by atoms with Gasteiger partial charge in [0.1, 0.15) is 11.6 Å². The smallest absolute Gasteiger partial charge is 0.548 e. The second-order valence-corrected chi connectivity index (χ2v) is 6.74. The maximum absolute atomic E-state index is 13.8. The fourth-order valence-electron chi connectivity index (χ4n) is 2.51. The number of hydrogen-bond donors (Lipinski definition) is 1. The van der Waals surface area contributed by atoms with Gasteiger partial charge in [-0.3, -0.25) is 0 Å². The first-order valence-electron chi connectivity index (χ1n) is 7.38. The second-order valence-electron chi connectivity index (χ2n) is 5.59. The van der Waals surface area contributed by atoms with E-state index in [1.807, 2.05) is 0 Å². The van der Waals surface area contributed by atoms with Crippen LogP contribution in [0, 0.1) is 11.6 Å². The van der Waals surface area contributed by atoms with Crippen molar-refractivity contribution in [2.24, 2.45) is 0 Å². The Hall–Kier alpha value is -0.860. The summed E-state index contributed by atoms with van der Waals surface area (Å²) in [5, 5.41) is 15.1. The molecule has 1 saturated carbocycles. The number of nitrogens with one attached hydrogen (secondary N) is 1. The van der Waals surface area contributed by atoms with Crippen molar-refractivity contribution in [2.45, 2.75) is 37.8 Å². The van der Waals surface area contributed by atoms with Crippen molar-refractivity contribution in [1.29, 1.82) is 0 Å². The van der Waals surface area contributed by atoms with Crippen molar-refractivity contribution in [3.8, 4) is 0 Å². The van der Waals surface area contributed by atoms with E-state index in [1.54, 1.807) is 6.20 Å². The zero-order valence-electron chi connectivity index (χ0n) is 13.2. The average molecular weight is 360 g/mol. The Labute approximate surface area is 164 Å². The van der Waals surface area contributed by atoms with Gasteiger partial charge in [-0.2, -0.15) is 0 Å². The molecule has 1 unspecified atom stereocenters. The molecule has 1 heterocycles. The van der Waals surface area contributed by atoms with Crippen LogP contribution in [0.3, 0.4) is 0 Å². The summed E-state index contributed by atoms with van der Waals surface area (Å²) in [7, 11) is 0. The Bertz CT molecular complexity index is 722. The number of nitrogens with zero attached hydrogens (tertiary/aromatic N) is 1. The summed E-state index contributed by atoms with van der Waals surface area (Å²) < 4.78 is 26.7. The zero-order chi connectivity index (χ0) is 16.4. The normalized spacial score (nSPS) is 15.4. The fraction of sp³-hybridized carbons (Fsp3) is 0.375. The van der Waals surface area contributed by atoms with E-state index in [2.05, 4.69) is 10.3 Å². The molecule has 0 amide bonds. The van der Waals surface area contributed by atoms with Crippen molar-refractivity contribution in [2.75, 3.05) is 0 Å². The van der Waals surface area contributed by atoms with Gasteiger partial charge in [-0.05, 0) is 18.9 Å². The number of carbonyl (C=O) groups is 1. The van der Waals surface area contributed by atoms with Crippen LogP contribution in [0.2, 0.25) is 0 Å². The van der Waals surface area contributed by atoms with E-state index in [0.717, 1.165) is 34.9 Å². The average Bonchev–Trinajstić information content (AvgIpc) is 2.87. The molecule has 1 aliphatic carbocycles. The number of carbonyl (C=O) groups excluding carboxylic acids is 1. The molecule has 4 nitrogen and oxygen atoms in total. The summed E-state index contributed by atoms with van der Waals surface area (Å²) in [6.07, 6.45) is 5.21. The summed E-state index contributed by atoms with van der Waals surface area (Å²) in [5.74, 6) is -2.61. The van der Waals surface area contributed by atoms with Gasteiger partial charge in [0, 0.05) is 35.2 Å². The number of halogens is 2. The number of benzene rings is 1. The molecule has 1 aromatic heterocycles.